The van der Waals surface area contributed by atoms with Crippen molar-refractivity contribution in [2.75, 3.05) is 39.3 Å². The standard InChI is InChI=1S/C11H21N3O2/c1-9-7-14(8-10(2)16-9)11(15)13-5-3-12-4-6-13/h9-10,12H,3-8H2,1-2H3. The number of ether oxygens (including phenoxy) is 1. The zero-order valence-electron chi connectivity index (χ0n) is 10.1. The maximum absolute atomic E-state index is 12.2. The van der Waals surface area contributed by atoms with Crippen LogP contribution in [0.25, 0.3) is 0 Å². The second-order valence-corrected chi connectivity index (χ2v) is 4.68. The van der Waals surface area contributed by atoms with Crippen LogP contribution in [0.2, 0.25) is 0 Å². The van der Waals surface area contributed by atoms with Crippen molar-refractivity contribution in [3.05, 3.63) is 0 Å². The lowest BCUT2D eigenvalue weighted by Crippen LogP contribution is -2.56. The smallest absolute Gasteiger partial charge is 0.320 e. The van der Waals surface area contributed by atoms with Gasteiger partial charge < -0.3 is 19.9 Å². The van der Waals surface area contributed by atoms with Gasteiger partial charge in [0.25, 0.3) is 0 Å². The van der Waals surface area contributed by atoms with E-state index in [2.05, 4.69) is 5.32 Å². The molecule has 0 radical (unpaired) electrons. The van der Waals surface area contributed by atoms with Crippen LogP contribution < -0.4 is 5.32 Å². The number of hydrogen-bond acceptors (Lipinski definition) is 3. The van der Waals surface area contributed by atoms with E-state index in [9.17, 15) is 4.79 Å². The molecule has 5 heteroatoms. The summed E-state index contributed by atoms with van der Waals surface area (Å²) < 4.78 is 5.63. The fourth-order valence-corrected chi connectivity index (χ4v) is 2.39. The molecule has 0 aromatic carbocycles. The molecule has 0 aromatic rings. The number of morpholine rings is 1. The first-order chi connectivity index (χ1) is 7.66. The Balaban J connectivity index is 1.92. The van der Waals surface area contributed by atoms with Crippen LogP contribution in [-0.4, -0.2) is 67.3 Å². The number of piperazine rings is 1. The lowest BCUT2D eigenvalue weighted by molar-refractivity contribution is -0.0584. The highest BCUT2D eigenvalue weighted by Crippen LogP contribution is 2.13. The molecule has 2 amide bonds. The Hall–Kier alpha value is -0.810. The van der Waals surface area contributed by atoms with Crippen LogP contribution in [-0.2, 0) is 4.74 Å². The second kappa shape index (κ2) is 5.01. The highest BCUT2D eigenvalue weighted by Gasteiger charge is 2.29. The maximum atomic E-state index is 12.2. The zero-order chi connectivity index (χ0) is 11.5. The Bertz CT molecular complexity index is 244. The van der Waals surface area contributed by atoms with Gasteiger partial charge in [-0.15, -0.1) is 0 Å². The maximum Gasteiger partial charge on any atom is 0.320 e. The summed E-state index contributed by atoms with van der Waals surface area (Å²) in [6.07, 6.45) is 0.297. The Morgan fingerprint density at radius 2 is 1.69 bits per heavy atom. The Morgan fingerprint density at radius 3 is 2.25 bits per heavy atom. The van der Waals surface area contributed by atoms with Crippen LogP contribution in [0.5, 0.6) is 0 Å². The predicted octanol–water partition coefficient (Wildman–Crippen LogP) is 0.121. The number of urea groups is 1. The molecule has 16 heavy (non-hydrogen) atoms. The molecular formula is C11H21N3O2. The summed E-state index contributed by atoms with van der Waals surface area (Å²) in [5.41, 5.74) is 0. The van der Waals surface area contributed by atoms with Gasteiger partial charge in [-0.2, -0.15) is 0 Å². The summed E-state index contributed by atoms with van der Waals surface area (Å²) in [6.45, 7) is 8.92. The summed E-state index contributed by atoms with van der Waals surface area (Å²) in [5.74, 6) is 0. The van der Waals surface area contributed by atoms with Gasteiger partial charge in [0.05, 0.1) is 12.2 Å². The van der Waals surface area contributed by atoms with Crippen molar-refractivity contribution in [1.29, 1.82) is 0 Å². The van der Waals surface area contributed by atoms with E-state index in [0.717, 1.165) is 26.2 Å². The van der Waals surface area contributed by atoms with E-state index in [-0.39, 0.29) is 18.2 Å². The number of carbonyl (C=O) groups is 1. The number of carbonyl (C=O) groups excluding carboxylic acids is 1. The van der Waals surface area contributed by atoms with Gasteiger partial charge in [-0.1, -0.05) is 0 Å². The van der Waals surface area contributed by atoms with E-state index >= 15 is 0 Å². The number of amides is 2. The SMILES string of the molecule is CC1CN(C(=O)N2CCNCC2)CC(C)O1. The molecule has 2 aliphatic heterocycles. The summed E-state index contributed by atoms with van der Waals surface area (Å²) in [5, 5.41) is 3.25. The first kappa shape index (κ1) is 11.7. The first-order valence-electron chi connectivity index (χ1n) is 6.07. The first-order valence-corrected chi connectivity index (χ1v) is 6.07. The molecule has 2 unspecified atom stereocenters. The van der Waals surface area contributed by atoms with Gasteiger partial charge in [0, 0.05) is 39.3 Å². The van der Waals surface area contributed by atoms with E-state index in [1.807, 2.05) is 23.6 Å². The van der Waals surface area contributed by atoms with Crippen LogP contribution in [0.3, 0.4) is 0 Å². The average molecular weight is 227 g/mol. The van der Waals surface area contributed by atoms with Gasteiger partial charge in [-0.3, -0.25) is 0 Å². The molecule has 5 nitrogen and oxygen atoms in total. The minimum atomic E-state index is 0.149. The van der Waals surface area contributed by atoms with Crippen molar-refractivity contribution in [3.8, 4) is 0 Å². The molecule has 2 fully saturated rings. The summed E-state index contributed by atoms with van der Waals surface area (Å²) in [6, 6.07) is 0.170. The topological polar surface area (TPSA) is 44.8 Å². The molecule has 0 aliphatic carbocycles. The van der Waals surface area contributed by atoms with Crippen LogP contribution in [0.4, 0.5) is 4.79 Å². The van der Waals surface area contributed by atoms with Crippen molar-refractivity contribution < 1.29 is 9.53 Å². The predicted molar refractivity (Wildman–Crippen MR) is 61.4 cm³/mol. The van der Waals surface area contributed by atoms with Crippen molar-refractivity contribution in [3.63, 3.8) is 0 Å². The van der Waals surface area contributed by atoms with E-state index < -0.39 is 0 Å². The fraction of sp³-hybridized carbons (Fsp3) is 0.909. The Kier molecular flexibility index (Phi) is 3.66. The van der Waals surface area contributed by atoms with Gasteiger partial charge in [0.2, 0.25) is 0 Å². The lowest BCUT2D eigenvalue weighted by atomic mass is 10.2. The third-order valence-electron chi connectivity index (χ3n) is 3.08. The van der Waals surface area contributed by atoms with Crippen molar-refractivity contribution >= 4 is 6.03 Å². The number of rotatable bonds is 0. The number of nitrogens with one attached hydrogen (secondary N) is 1. The zero-order valence-corrected chi connectivity index (χ0v) is 10.1. The van der Waals surface area contributed by atoms with Crippen molar-refractivity contribution in [1.82, 2.24) is 15.1 Å². The van der Waals surface area contributed by atoms with Crippen molar-refractivity contribution in [2.24, 2.45) is 0 Å². The molecule has 2 heterocycles. The minimum Gasteiger partial charge on any atom is -0.372 e. The van der Waals surface area contributed by atoms with E-state index in [4.69, 9.17) is 4.74 Å². The molecule has 1 N–H and O–H groups in total. The van der Waals surface area contributed by atoms with Crippen LogP contribution in [0.1, 0.15) is 13.8 Å². The lowest BCUT2D eigenvalue weighted by Gasteiger charge is -2.39. The Labute approximate surface area is 96.7 Å². The molecule has 0 spiro atoms. The number of hydrogen-bond donors (Lipinski definition) is 1. The molecule has 2 aliphatic rings. The molecule has 0 aromatic heterocycles. The monoisotopic (exact) mass is 227 g/mol. The van der Waals surface area contributed by atoms with Gasteiger partial charge >= 0.3 is 6.03 Å². The van der Waals surface area contributed by atoms with Gasteiger partial charge in [0.1, 0.15) is 0 Å². The molecule has 92 valence electrons. The van der Waals surface area contributed by atoms with Crippen molar-refractivity contribution in [2.45, 2.75) is 26.1 Å². The van der Waals surface area contributed by atoms with Crippen LogP contribution >= 0.6 is 0 Å². The Morgan fingerprint density at radius 1 is 1.12 bits per heavy atom. The van der Waals surface area contributed by atoms with E-state index in [1.165, 1.54) is 0 Å². The van der Waals surface area contributed by atoms with Gasteiger partial charge in [-0.25, -0.2) is 4.79 Å². The third-order valence-corrected chi connectivity index (χ3v) is 3.08. The molecule has 0 bridgehead atoms. The summed E-state index contributed by atoms with van der Waals surface area (Å²) in [4.78, 5) is 16.1. The highest BCUT2D eigenvalue weighted by molar-refractivity contribution is 5.74. The molecule has 2 saturated heterocycles. The van der Waals surface area contributed by atoms with E-state index in [1.54, 1.807) is 0 Å². The summed E-state index contributed by atoms with van der Waals surface area (Å²) >= 11 is 0. The fourth-order valence-electron chi connectivity index (χ4n) is 2.39. The van der Waals surface area contributed by atoms with Crippen LogP contribution in [0.15, 0.2) is 0 Å². The molecule has 2 rings (SSSR count). The van der Waals surface area contributed by atoms with Gasteiger partial charge in [0.15, 0.2) is 0 Å². The minimum absolute atomic E-state index is 0.149. The molecule has 0 saturated carbocycles. The molecular weight excluding hydrogens is 206 g/mol. The quantitative estimate of drug-likeness (QED) is 0.639. The average Bonchev–Trinajstić information content (AvgIpc) is 2.28. The van der Waals surface area contributed by atoms with Gasteiger partial charge in [-0.05, 0) is 13.8 Å². The van der Waals surface area contributed by atoms with E-state index in [0.29, 0.717) is 13.1 Å². The van der Waals surface area contributed by atoms with Crippen LogP contribution in [0, 0.1) is 0 Å². The highest BCUT2D eigenvalue weighted by atomic mass is 16.5. The largest absolute Gasteiger partial charge is 0.372 e. The number of nitrogens with zero attached hydrogens (tertiary/aromatic N) is 2. The second-order valence-electron chi connectivity index (χ2n) is 4.68. The summed E-state index contributed by atoms with van der Waals surface area (Å²) in [7, 11) is 0. The normalized spacial score (nSPS) is 31.6. The molecule has 2 atom stereocenters. The third kappa shape index (κ3) is 2.65.